The number of hydrogen-bond acceptors (Lipinski definition) is 5. The number of nitrogens with zero attached hydrogens (tertiary/aromatic N) is 1. The zero-order chi connectivity index (χ0) is 15.0. The van der Waals surface area contributed by atoms with Crippen molar-refractivity contribution in [3.8, 4) is 10.4 Å². The molecule has 0 radical (unpaired) electrons. The molecule has 21 heavy (non-hydrogen) atoms. The first-order valence-corrected chi connectivity index (χ1v) is 8.26. The van der Waals surface area contributed by atoms with E-state index in [9.17, 15) is 4.79 Å². The predicted octanol–water partition coefficient (Wildman–Crippen LogP) is 3.37. The molecule has 0 saturated heterocycles. The number of thioether (sulfide) groups is 1. The van der Waals surface area contributed by atoms with Crippen molar-refractivity contribution in [3.05, 3.63) is 42.1 Å². The Labute approximate surface area is 130 Å². The van der Waals surface area contributed by atoms with Gasteiger partial charge in [-0.2, -0.15) is 0 Å². The van der Waals surface area contributed by atoms with Crippen molar-refractivity contribution in [1.82, 2.24) is 4.98 Å². The van der Waals surface area contributed by atoms with Gasteiger partial charge in [0, 0.05) is 21.4 Å². The van der Waals surface area contributed by atoms with E-state index in [-0.39, 0.29) is 0 Å². The molecule has 0 aliphatic rings. The molecule has 0 spiro atoms. The molecule has 0 aliphatic carbocycles. The zero-order valence-electron chi connectivity index (χ0n) is 11.3. The minimum Gasteiger partial charge on any atom is -0.383 e. The molecule has 0 aliphatic heterocycles. The lowest BCUT2D eigenvalue weighted by Crippen LogP contribution is -2.11. The first-order valence-electron chi connectivity index (χ1n) is 6.22. The number of nitrogens with two attached hydrogens (primary N) is 2. The summed E-state index contributed by atoms with van der Waals surface area (Å²) in [4.78, 5) is 17.8. The van der Waals surface area contributed by atoms with E-state index in [1.54, 1.807) is 11.8 Å². The lowest BCUT2D eigenvalue weighted by molar-refractivity contribution is 0.100. The van der Waals surface area contributed by atoms with E-state index < -0.39 is 5.91 Å². The number of thiophene rings is 1. The Bertz CT molecular complexity index is 825. The van der Waals surface area contributed by atoms with Gasteiger partial charge >= 0.3 is 0 Å². The van der Waals surface area contributed by atoms with E-state index in [2.05, 4.69) is 29.2 Å². The summed E-state index contributed by atoms with van der Waals surface area (Å²) in [7, 11) is 0. The maximum absolute atomic E-state index is 11.5. The number of pyridine rings is 1. The molecule has 4 N–H and O–H groups in total. The number of benzene rings is 1. The van der Waals surface area contributed by atoms with Crippen molar-refractivity contribution in [2.24, 2.45) is 5.73 Å². The first kappa shape index (κ1) is 13.9. The summed E-state index contributed by atoms with van der Waals surface area (Å²) in [5, 5.41) is 0.778. The molecule has 6 heteroatoms. The Morgan fingerprint density at radius 2 is 2.00 bits per heavy atom. The topological polar surface area (TPSA) is 82.0 Å². The van der Waals surface area contributed by atoms with Crippen molar-refractivity contribution >= 4 is 44.9 Å². The molecular weight excluding hydrogens is 302 g/mol. The van der Waals surface area contributed by atoms with Crippen molar-refractivity contribution in [2.75, 3.05) is 12.0 Å². The average Bonchev–Trinajstić information content (AvgIpc) is 2.93. The van der Waals surface area contributed by atoms with Gasteiger partial charge in [-0.1, -0.05) is 12.1 Å². The number of carbonyl (C=O) groups is 1. The van der Waals surface area contributed by atoms with Gasteiger partial charge in [0.15, 0.2) is 0 Å². The Morgan fingerprint density at radius 1 is 1.29 bits per heavy atom. The third-order valence-corrected chi connectivity index (χ3v) is 5.19. The van der Waals surface area contributed by atoms with Gasteiger partial charge in [0.2, 0.25) is 0 Å². The fourth-order valence-electron chi connectivity index (χ4n) is 2.12. The van der Waals surface area contributed by atoms with Crippen LogP contribution in [0.2, 0.25) is 0 Å². The number of rotatable bonds is 3. The number of carbonyl (C=O) groups excluding carboxylic acids is 1. The second-order valence-corrected chi connectivity index (χ2v) is 6.44. The fraction of sp³-hybridized carbons (Fsp3) is 0.0667. The molecule has 3 rings (SSSR count). The van der Waals surface area contributed by atoms with Gasteiger partial charge in [-0.3, -0.25) is 4.79 Å². The second kappa shape index (κ2) is 5.38. The van der Waals surface area contributed by atoms with Gasteiger partial charge in [0.05, 0.1) is 10.3 Å². The number of hydrogen-bond donors (Lipinski definition) is 2. The summed E-state index contributed by atoms with van der Waals surface area (Å²) < 4.78 is 0.791. The molecule has 0 atom stereocenters. The van der Waals surface area contributed by atoms with E-state index >= 15 is 0 Å². The number of nitrogen functional groups attached to an aromatic ring is 1. The zero-order valence-corrected chi connectivity index (χ0v) is 12.9. The molecule has 0 unspecified atom stereocenters. The van der Waals surface area contributed by atoms with Crippen LogP contribution >= 0.6 is 23.1 Å². The van der Waals surface area contributed by atoms with Gasteiger partial charge in [-0.15, -0.1) is 23.1 Å². The van der Waals surface area contributed by atoms with Crippen LogP contribution in [-0.2, 0) is 0 Å². The molecule has 0 bridgehead atoms. The van der Waals surface area contributed by atoms with E-state index in [0.29, 0.717) is 11.4 Å². The molecule has 3 aromatic rings. The van der Waals surface area contributed by atoms with Crippen LogP contribution in [0.1, 0.15) is 10.4 Å². The highest BCUT2D eigenvalue weighted by Gasteiger charge is 2.14. The van der Waals surface area contributed by atoms with E-state index in [1.165, 1.54) is 22.4 Å². The van der Waals surface area contributed by atoms with Crippen LogP contribution < -0.4 is 11.5 Å². The Balaban J connectivity index is 2.17. The maximum atomic E-state index is 11.5. The van der Waals surface area contributed by atoms with Crippen LogP contribution in [0, 0.1) is 0 Å². The van der Waals surface area contributed by atoms with Crippen LogP contribution in [0.5, 0.6) is 0 Å². The lowest BCUT2D eigenvalue weighted by atomic mass is 10.1. The minimum atomic E-state index is -0.487. The summed E-state index contributed by atoms with van der Waals surface area (Å²) in [6, 6.07) is 10.2. The van der Waals surface area contributed by atoms with Gasteiger partial charge in [0.25, 0.3) is 5.91 Å². The number of aromatic nitrogens is 1. The van der Waals surface area contributed by atoms with E-state index in [1.807, 2.05) is 12.3 Å². The van der Waals surface area contributed by atoms with E-state index in [0.717, 1.165) is 20.5 Å². The third kappa shape index (κ3) is 2.48. The highest BCUT2D eigenvalue weighted by atomic mass is 32.2. The lowest BCUT2D eigenvalue weighted by Gasteiger charge is -1.99. The van der Waals surface area contributed by atoms with Gasteiger partial charge in [-0.25, -0.2) is 4.98 Å². The van der Waals surface area contributed by atoms with Crippen LogP contribution in [-0.4, -0.2) is 17.1 Å². The van der Waals surface area contributed by atoms with Crippen LogP contribution in [0.25, 0.3) is 20.5 Å². The number of primary amides is 1. The second-order valence-electron chi connectivity index (χ2n) is 4.50. The van der Waals surface area contributed by atoms with Crippen molar-refractivity contribution in [2.45, 2.75) is 4.90 Å². The molecule has 106 valence electrons. The molecule has 2 heterocycles. The van der Waals surface area contributed by atoms with Gasteiger partial charge in [0.1, 0.15) is 5.82 Å². The van der Waals surface area contributed by atoms with Gasteiger partial charge < -0.3 is 11.5 Å². The summed E-state index contributed by atoms with van der Waals surface area (Å²) >= 11 is 3.20. The summed E-state index contributed by atoms with van der Waals surface area (Å²) in [5.41, 5.74) is 12.8. The molecule has 1 aromatic carbocycles. The highest BCUT2D eigenvalue weighted by molar-refractivity contribution is 7.98. The summed E-state index contributed by atoms with van der Waals surface area (Å²) in [6.45, 7) is 0. The largest absolute Gasteiger partial charge is 0.383 e. The molecule has 2 aromatic heterocycles. The Hall–Kier alpha value is -2.05. The van der Waals surface area contributed by atoms with Crippen LogP contribution in [0.3, 0.4) is 0 Å². The quantitative estimate of drug-likeness (QED) is 0.726. The monoisotopic (exact) mass is 315 g/mol. The number of anilines is 1. The molecule has 0 fully saturated rings. The minimum absolute atomic E-state index is 0.413. The van der Waals surface area contributed by atoms with Crippen molar-refractivity contribution < 1.29 is 4.79 Å². The number of amides is 1. The van der Waals surface area contributed by atoms with Crippen LogP contribution in [0.4, 0.5) is 5.82 Å². The first-order chi connectivity index (χ1) is 10.1. The normalized spacial score (nSPS) is 10.9. The summed E-state index contributed by atoms with van der Waals surface area (Å²) in [5.74, 6) is -0.0723. The predicted molar refractivity (Wildman–Crippen MR) is 89.8 cm³/mol. The van der Waals surface area contributed by atoms with E-state index in [4.69, 9.17) is 11.5 Å². The molecular formula is C15H13N3OS2. The molecule has 1 amide bonds. The molecule has 0 saturated carbocycles. The fourth-order valence-corrected chi connectivity index (χ4v) is 3.71. The highest BCUT2D eigenvalue weighted by Crippen LogP contribution is 2.37. The number of fused-ring (bicyclic) bond motifs is 1. The average molecular weight is 315 g/mol. The third-order valence-electron chi connectivity index (χ3n) is 3.23. The Morgan fingerprint density at radius 3 is 2.62 bits per heavy atom. The molecule has 4 nitrogen and oxygen atoms in total. The SMILES string of the molecule is CSc1ccc(-c2cc3c(N)ncc(C(N)=O)c3s2)cc1. The Kier molecular flexibility index (Phi) is 3.57. The van der Waals surface area contributed by atoms with Crippen LogP contribution in [0.15, 0.2) is 41.4 Å². The smallest absolute Gasteiger partial charge is 0.251 e. The standard InChI is InChI=1S/C15H13N3OS2/c1-20-9-4-2-8(3-5-9)12-6-10-13(21-12)11(15(17)19)7-18-14(10)16/h2-7H,1H3,(H2,16,18)(H2,17,19). The van der Waals surface area contributed by atoms with Crippen molar-refractivity contribution in [3.63, 3.8) is 0 Å². The van der Waals surface area contributed by atoms with Gasteiger partial charge in [-0.05, 0) is 30.0 Å². The maximum Gasteiger partial charge on any atom is 0.251 e. The summed E-state index contributed by atoms with van der Waals surface area (Å²) in [6.07, 6.45) is 3.48. The van der Waals surface area contributed by atoms with Crippen molar-refractivity contribution in [1.29, 1.82) is 0 Å².